The third-order valence-corrected chi connectivity index (χ3v) is 5.43. The minimum absolute atomic E-state index is 0.0417. The van der Waals surface area contributed by atoms with E-state index in [-0.39, 0.29) is 18.8 Å². The average Bonchev–Trinajstić information content (AvgIpc) is 3.58. The Morgan fingerprint density at radius 3 is 2.54 bits per heavy atom. The number of nitrogens with one attached hydrogen (secondary N) is 1. The van der Waals surface area contributed by atoms with Crippen LogP contribution in [0.4, 0.5) is 0 Å². The molecule has 26 heavy (non-hydrogen) atoms. The van der Waals surface area contributed by atoms with Crippen LogP contribution in [0.5, 0.6) is 0 Å². The van der Waals surface area contributed by atoms with Crippen molar-refractivity contribution in [2.75, 3.05) is 6.54 Å². The molecule has 0 bridgehead atoms. The molecule has 2 saturated carbocycles. The van der Waals surface area contributed by atoms with Crippen LogP contribution < -0.4 is 5.32 Å². The Hall–Kier alpha value is -1.85. The Morgan fingerprint density at radius 1 is 1.15 bits per heavy atom. The minimum Gasteiger partial charge on any atom is -0.459 e. The predicted molar refractivity (Wildman–Crippen MR) is 96.7 cm³/mol. The van der Waals surface area contributed by atoms with Gasteiger partial charge in [-0.1, -0.05) is 24.3 Å². The number of benzene rings is 1. The van der Waals surface area contributed by atoms with Crippen LogP contribution in [0.3, 0.4) is 0 Å². The van der Waals surface area contributed by atoms with Gasteiger partial charge >= 0.3 is 0 Å². The summed E-state index contributed by atoms with van der Waals surface area (Å²) in [5, 5.41) is 12.1. The van der Waals surface area contributed by atoms with Crippen molar-refractivity contribution in [1.29, 1.82) is 0 Å². The lowest BCUT2D eigenvalue weighted by Gasteiger charge is -2.29. The van der Waals surface area contributed by atoms with Gasteiger partial charge in [0.15, 0.2) is 5.76 Å². The van der Waals surface area contributed by atoms with Gasteiger partial charge < -0.3 is 19.9 Å². The second kappa shape index (κ2) is 7.80. The number of carbonyl (C=O) groups is 1. The molecule has 5 heteroatoms. The number of aliphatic hydroxyl groups is 1. The van der Waals surface area contributed by atoms with Gasteiger partial charge in [-0.05, 0) is 60.6 Å². The van der Waals surface area contributed by atoms with Gasteiger partial charge in [0.2, 0.25) is 6.29 Å². The van der Waals surface area contributed by atoms with Crippen LogP contribution >= 0.6 is 0 Å². The fraction of sp³-hybridized carbons (Fsp3) is 0.571. The van der Waals surface area contributed by atoms with Crippen LogP contribution in [-0.4, -0.2) is 23.8 Å². The number of carbonyl (C=O) groups excluding carboxylic acids is 1. The molecule has 3 aliphatic rings. The minimum atomic E-state index is -0.384. The smallest absolute Gasteiger partial charge is 0.286 e. The average molecular weight is 357 g/mol. The van der Waals surface area contributed by atoms with E-state index < -0.39 is 0 Å². The van der Waals surface area contributed by atoms with Crippen LogP contribution in [0.2, 0.25) is 0 Å². The Balaban J connectivity index is 1.34. The zero-order valence-electron chi connectivity index (χ0n) is 15.0. The Kier molecular flexibility index (Phi) is 5.27. The summed E-state index contributed by atoms with van der Waals surface area (Å²) in [5.41, 5.74) is 1.91. The summed E-state index contributed by atoms with van der Waals surface area (Å²) in [6.07, 6.45) is 7.32. The number of hydrogen-bond acceptors (Lipinski definition) is 4. The van der Waals surface area contributed by atoms with E-state index in [0.29, 0.717) is 30.1 Å². The van der Waals surface area contributed by atoms with Crippen molar-refractivity contribution in [3.63, 3.8) is 0 Å². The highest BCUT2D eigenvalue weighted by molar-refractivity contribution is 5.91. The van der Waals surface area contributed by atoms with Gasteiger partial charge in [-0.15, -0.1) is 0 Å². The number of allylic oxidation sites excluding steroid dienone is 1. The van der Waals surface area contributed by atoms with Gasteiger partial charge in [0, 0.05) is 13.0 Å². The summed E-state index contributed by atoms with van der Waals surface area (Å²) in [5.74, 6) is 2.00. The third-order valence-electron chi connectivity index (χ3n) is 5.43. The maximum Gasteiger partial charge on any atom is 0.286 e. The summed E-state index contributed by atoms with van der Waals surface area (Å²) in [4.78, 5) is 12.4. The maximum atomic E-state index is 12.4. The van der Waals surface area contributed by atoms with Crippen molar-refractivity contribution in [3.8, 4) is 0 Å². The molecule has 1 aliphatic heterocycles. The van der Waals surface area contributed by atoms with Crippen molar-refractivity contribution in [1.82, 2.24) is 5.32 Å². The fourth-order valence-corrected chi connectivity index (χ4v) is 3.37. The molecule has 5 nitrogen and oxygen atoms in total. The molecule has 0 unspecified atom stereocenters. The molecule has 2 atom stereocenters. The third kappa shape index (κ3) is 4.65. The summed E-state index contributed by atoms with van der Waals surface area (Å²) in [6.45, 7) is 1.22. The highest BCUT2D eigenvalue weighted by atomic mass is 16.7. The predicted octanol–water partition coefficient (Wildman–Crippen LogP) is 2.88. The first kappa shape index (κ1) is 17.6. The SMILES string of the molecule is O=C(NCC1CC1)C1=C[C@@H](C2CC2)C[C@@H](OCc2ccc(CO)cc2)O1. The lowest BCUT2D eigenvalue weighted by molar-refractivity contribution is -0.154. The molecule has 140 valence electrons. The Bertz CT molecular complexity index is 661. The molecule has 2 aliphatic carbocycles. The van der Waals surface area contributed by atoms with Crippen molar-refractivity contribution >= 4 is 5.91 Å². The second-order valence-electron chi connectivity index (χ2n) is 7.75. The van der Waals surface area contributed by atoms with Crippen molar-refractivity contribution < 1.29 is 19.4 Å². The van der Waals surface area contributed by atoms with E-state index in [4.69, 9.17) is 14.6 Å². The standard InChI is InChI=1S/C21H27NO4/c23-12-15-3-5-16(6-4-15)13-25-20-10-18(17-7-8-17)9-19(26-20)21(24)22-11-14-1-2-14/h3-6,9,14,17-18,20,23H,1-2,7-8,10-13H2,(H,22,24)/t18-,20+/m1/s1. The Morgan fingerprint density at radius 2 is 1.88 bits per heavy atom. The van der Waals surface area contributed by atoms with Gasteiger partial charge in [-0.2, -0.15) is 0 Å². The van der Waals surface area contributed by atoms with Crippen LogP contribution in [0.1, 0.15) is 43.2 Å². The summed E-state index contributed by atoms with van der Waals surface area (Å²) in [7, 11) is 0. The molecule has 0 saturated heterocycles. The van der Waals surface area contributed by atoms with E-state index in [1.807, 2.05) is 30.3 Å². The second-order valence-corrected chi connectivity index (χ2v) is 7.75. The quantitative estimate of drug-likeness (QED) is 0.751. The van der Waals surface area contributed by atoms with Crippen LogP contribution in [0.25, 0.3) is 0 Å². The van der Waals surface area contributed by atoms with Crippen LogP contribution in [0, 0.1) is 17.8 Å². The number of hydrogen-bond donors (Lipinski definition) is 2. The molecule has 1 aromatic carbocycles. The molecule has 4 rings (SSSR count). The van der Waals surface area contributed by atoms with E-state index in [1.54, 1.807) is 0 Å². The topological polar surface area (TPSA) is 67.8 Å². The first-order valence-corrected chi connectivity index (χ1v) is 9.68. The van der Waals surface area contributed by atoms with E-state index >= 15 is 0 Å². The molecule has 1 amide bonds. The van der Waals surface area contributed by atoms with Gasteiger partial charge in [0.1, 0.15) is 0 Å². The molecular formula is C21H27NO4. The molecule has 0 aromatic heterocycles. The highest BCUT2D eigenvalue weighted by Gasteiger charge is 2.37. The van der Waals surface area contributed by atoms with E-state index in [9.17, 15) is 4.79 Å². The fourth-order valence-electron chi connectivity index (χ4n) is 3.37. The molecule has 0 radical (unpaired) electrons. The zero-order chi connectivity index (χ0) is 17.9. The van der Waals surface area contributed by atoms with Crippen LogP contribution in [-0.2, 0) is 27.5 Å². The monoisotopic (exact) mass is 357 g/mol. The van der Waals surface area contributed by atoms with Gasteiger partial charge in [-0.25, -0.2) is 0 Å². The molecule has 2 fully saturated rings. The molecule has 1 aromatic rings. The maximum absolute atomic E-state index is 12.4. The first-order chi connectivity index (χ1) is 12.7. The zero-order valence-corrected chi connectivity index (χ0v) is 15.0. The molecule has 2 N–H and O–H groups in total. The summed E-state index contributed by atoms with van der Waals surface area (Å²) >= 11 is 0. The molecular weight excluding hydrogens is 330 g/mol. The van der Waals surface area contributed by atoms with Crippen molar-refractivity contribution in [2.45, 2.75) is 51.6 Å². The van der Waals surface area contributed by atoms with E-state index in [2.05, 4.69) is 5.32 Å². The lowest BCUT2D eigenvalue weighted by atomic mass is 9.96. The van der Waals surface area contributed by atoms with E-state index in [1.165, 1.54) is 25.7 Å². The van der Waals surface area contributed by atoms with Crippen LogP contribution in [0.15, 0.2) is 36.1 Å². The number of rotatable bonds is 8. The normalized spacial score (nSPS) is 25.3. The molecule has 1 heterocycles. The van der Waals surface area contributed by atoms with Gasteiger partial charge in [0.05, 0.1) is 13.2 Å². The number of amides is 1. The summed E-state index contributed by atoms with van der Waals surface area (Å²) in [6, 6.07) is 7.69. The number of ether oxygens (including phenoxy) is 2. The lowest BCUT2D eigenvalue weighted by Crippen LogP contribution is -2.34. The molecule has 0 spiro atoms. The highest BCUT2D eigenvalue weighted by Crippen LogP contribution is 2.42. The Labute approximate surface area is 154 Å². The van der Waals surface area contributed by atoms with Gasteiger partial charge in [-0.3, -0.25) is 4.79 Å². The van der Waals surface area contributed by atoms with Crippen molar-refractivity contribution in [3.05, 3.63) is 47.2 Å². The number of aliphatic hydroxyl groups excluding tert-OH is 1. The van der Waals surface area contributed by atoms with Crippen molar-refractivity contribution in [2.24, 2.45) is 17.8 Å². The van der Waals surface area contributed by atoms with E-state index in [0.717, 1.165) is 24.1 Å². The first-order valence-electron chi connectivity index (χ1n) is 9.68. The van der Waals surface area contributed by atoms with Gasteiger partial charge in [0.25, 0.3) is 5.91 Å². The summed E-state index contributed by atoms with van der Waals surface area (Å²) < 4.78 is 11.8. The largest absolute Gasteiger partial charge is 0.459 e.